The SMILES string of the molecule is C.C.Cc1ccc(C)c(C)c1.Cc1ccc2[nH]c(C)cc2c1.Cc1ccc2c(C)c[nH]c2c1.Cc1ccc2cc(C)sc2c1. The summed E-state index contributed by atoms with van der Waals surface area (Å²) >= 11 is 1.87. The third kappa shape index (κ3) is 9.72. The normalized spacial score (nSPS) is 10.0. The summed E-state index contributed by atoms with van der Waals surface area (Å²) in [6.45, 7) is 19.1. The van der Waals surface area contributed by atoms with Gasteiger partial charge in [0.25, 0.3) is 0 Å². The van der Waals surface area contributed by atoms with E-state index in [1.54, 1.807) is 0 Å². The maximum atomic E-state index is 3.29. The first-order valence-corrected chi connectivity index (χ1v) is 15.4. The van der Waals surface area contributed by atoms with E-state index in [0.717, 1.165) is 0 Å². The standard InChI is InChI=1S/2C10H11N.C10H10S.C9H12.2CH4/c1-7-3-4-10-9(5-7)6-8(2)11-10;1-7-3-4-9-8(2)6-11-10(9)5-7;1-7-3-4-9-6-8(2)11-10(9)5-7;1-7-4-5-8(2)9(3)6-7;;/h2*3-6,11H,1-2H3;3-6H,1-2H3;4-6H,1-3H3;2*1H4. The first-order valence-electron chi connectivity index (χ1n) is 14.6. The maximum Gasteiger partial charge on any atom is 0.0459 e. The number of rotatable bonds is 0. The lowest BCUT2D eigenvalue weighted by molar-refractivity contribution is 1.30. The third-order valence-electron chi connectivity index (χ3n) is 7.42. The zero-order chi connectivity index (χ0) is 30.4. The van der Waals surface area contributed by atoms with Crippen molar-refractivity contribution in [2.24, 2.45) is 0 Å². The summed E-state index contributed by atoms with van der Waals surface area (Å²) in [5.41, 5.74) is 13.1. The second kappa shape index (κ2) is 16.1. The molecule has 0 atom stereocenters. The molecule has 0 spiro atoms. The predicted octanol–water partition coefficient (Wildman–Crippen LogP) is 13.0. The van der Waals surface area contributed by atoms with Crippen molar-refractivity contribution < 1.29 is 0 Å². The number of hydrogen-bond acceptors (Lipinski definition) is 1. The first kappa shape index (κ1) is 36.1. The van der Waals surface area contributed by atoms with Gasteiger partial charge >= 0.3 is 0 Å². The number of fused-ring (bicyclic) bond motifs is 3. The van der Waals surface area contributed by atoms with Crippen LogP contribution < -0.4 is 0 Å². The van der Waals surface area contributed by atoms with Crippen molar-refractivity contribution in [3.63, 3.8) is 0 Å². The smallest absolute Gasteiger partial charge is 0.0459 e. The fourth-order valence-corrected chi connectivity index (χ4v) is 5.97. The lowest BCUT2D eigenvalue weighted by Crippen LogP contribution is -1.79. The minimum absolute atomic E-state index is 0. The molecule has 0 aliphatic rings. The molecule has 0 unspecified atom stereocenters. The molecule has 4 aromatic carbocycles. The van der Waals surface area contributed by atoms with Crippen LogP contribution >= 0.6 is 11.3 Å². The van der Waals surface area contributed by atoms with Crippen LogP contribution in [0.25, 0.3) is 31.9 Å². The first-order chi connectivity index (χ1) is 20.0. The van der Waals surface area contributed by atoms with Crippen LogP contribution in [0.1, 0.15) is 64.4 Å². The molecule has 0 radical (unpaired) electrons. The Morgan fingerprint density at radius 1 is 0.477 bits per heavy atom. The van der Waals surface area contributed by atoms with E-state index in [9.17, 15) is 0 Å². The van der Waals surface area contributed by atoms with Crippen LogP contribution in [0.4, 0.5) is 0 Å². The summed E-state index contributed by atoms with van der Waals surface area (Å²) in [6, 6.07) is 30.4. The van der Waals surface area contributed by atoms with Crippen molar-refractivity contribution in [3.8, 4) is 0 Å². The van der Waals surface area contributed by atoms with Gasteiger partial charge < -0.3 is 9.97 Å². The monoisotopic (exact) mass is 604 g/mol. The molecule has 0 bridgehead atoms. The van der Waals surface area contributed by atoms with E-state index in [0.29, 0.717) is 0 Å². The zero-order valence-electron chi connectivity index (χ0n) is 26.6. The summed E-state index contributed by atoms with van der Waals surface area (Å²) in [5, 5.41) is 4.01. The Morgan fingerprint density at radius 3 is 1.80 bits per heavy atom. The summed E-state index contributed by atoms with van der Waals surface area (Å²) in [6.07, 6.45) is 2.05. The molecule has 0 aliphatic heterocycles. The van der Waals surface area contributed by atoms with Crippen molar-refractivity contribution in [2.45, 2.75) is 77.2 Å². The Hall–Kier alpha value is -4.08. The van der Waals surface area contributed by atoms with Gasteiger partial charge in [0.05, 0.1) is 0 Å². The van der Waals surface area contributed by atoms with Gasteiger partial charge in [-0.05, 0) is 137 Å². The minimum Gasteiger partial charge on any atom is -0.361 e. The van der Waals surface area contributed by atoms with Crippen LogP contribution in [0.3, 0.4) is 0 Å². The molecule has 7 aromatic rings. The molecular weight excluding hydrogens is 553 g/mol. The summed E-state index contributed by atoms with van der Waals surface area (Å²) in [7, 11) is 0. The average Bonchev–Trinajstić information content (AvgIpc) is 3.61. The number of hydrogen-bond donors (Lipinski definition) is 2. The quantitative estimate of drug-likeness (QED) is 0.173. The van der Waals surface area contributed by atoms with Crippen LogP contribution in [0.15, 0.2) is 91.1 Å². The Kier molecular flexibility index (Phi) is 13.2. The minimum atomic E-state index is 0. The molecule has 7 rings (SSSR count). The van der Waals surface area contributed by atoms with E-state index in [1.165, 1.54) is 81.4 Å². The van der Waals surface area contributed by atoms with Gasteiger partial charge in [0.2, 0.25) is 0 Å². The van der Waals surface area contributed by atoms with Gasteiger partial charge in [0, 0.05) is 37.9 Å². The molecule has 0 saturated heterocycles. The Morgan fingerprint density at radius 2 is 1.09 bits per heavy atom. The number of thiophene rings is 1. The maximum absolute atomic E-state index is 3.29. The van der Waals surface area contributed by atoms with Crippen LogP contribution in [-0.2, 0) is 0 Å². The average molecular weight is 605 g/mol. The third-order valence-corrected chi connectivity index (χ3v) is 8.43. The van der Waals surface area contributed by atoms with Crippen LogP contribution in [-0.4, -0.2) is 9.97 Å². The van der Waals surface area contributed by atoms with Crippen LogP contribution in [0.2, 0.25) is 0 Å². The molecule has 0 saturated carbocycles. The molecule has 0 fully saturated rings. The van der Waals surface area contributed by atoms with E-state index >= 15 is 0 Å². The molecule has 3 heterocycles. The highest BCUT2D eigenvalue weighted by Crippen LogP contribution is 2.25. The highest BCUT2D eigenvalue weighted by Gasteiger charge is 1.98. The van der Waals surface area contributed by atoms with Crippen molar-refractivity contribution in [2.75, 3.05) is 0 Å². The van der Waals surface area contributed by atoms with E-state index in [2.05, 4.69) is 157 Å². The molecule has 232 valence electrons. The predicted molar refractivity (Wildman–Crippen MR) is 201 cm³/mol. The van der Waals surface area contributed by atoms with Gasteiger partial charge in [0.15, 0.2) is 0 Å². The van der Waals surface area contributed by atoms with E-state index in [4.69, 9.17) is 0 Å². The van der Waals surface area contributed by atoms with E-state index in [-0.39, 0.29) is 14.9 Å². The van der Waals surface area contributed by atoms with Crippen molar-refractivity contribution in [1.29, 1.82) is 0 Å². The van der Waals surface area contributed by atoms with Crippen LogP contribution in [0, 0.1) is 62.3 Å². The summed E-state index contributed by atoms with van der Waals surface area (Å²) < 4.78 is 1.41. The fourth-order valence-electron chi connectivity index (χ4n) is 4.94. The van der Waals surface area contributed by atoms with Crippen molar-refractivity contribution in [3.05, 3.63) is 141 Å². The molecule has 3 aromatic heterocycles. The number of aromatic nitrogens is 2. The van der Waals surface area contributed by atoms with E-state index < -0.39 is 0 Å². The number of aromatic amines is 2. The van der Waals surface area contributed by atoms with Gasteiger partial charge in [-0.2, -0.15) is 0 Å². The Bertz CT molecular complexity index is 1840. The Labute approximate surface area is 270 Å². The molecule has 0 amide bonds. The van der Waals surface area contributed by atoms with Gasteiger partial charge in [-0.3, -0.25) is 0 Å². The Balaban J connectivity index is 0.000000202. The van der Waals surface area contributed by atoms with Crippen molar-refractivity contribution in [1.82, 2.24) is 9.97 Å². The number of H-pyrrole nitrogens is 2. The second-order valence-corrected chi connectivity index (χ2v) is 12.8. The molecule has 3 heteroatoms. The molecule has 2 N–H and O–H groups in total. The van der Waals surface area contributed by atoms with Crippen LogP contribution in [0.5, 0.6) is 0 Å². The lowest BCUT2D eigenvalue weighted by Gasteiger charge is -1.98. The highest BCUT2D eigenvalue weighted by atomic mass is 32.1. The van der Waals surface area contributed by atoms with Gasteiger partial charge in [-0.25, -0.2) is 0 Å². The zero-order valence-corrected chi connectivity index (χ0v) is 27.4. The summed E-state index contributed by atoms with van der Waals surface area (Å²) in [5.74, 6) is 0. The molecule has 44 heavy (non-hydrogen) atoms. The van der Waals surface area contributed by atoms with Gasteiger partial charge in [0.1, 0.15) is 0 Å². The largest absolute Gasteiger partial charge is 0.361 e. The summed E-state index contributed by atoms with van der Waals surface area (Å²) in [4.78, 5) is 7.91. The number of aryl methyl sites for hydroxylation is 9. The second-order valence-electron chi connectivity index (χ2n) is 11.5. The number of nitrogens with one attached hydrogen (secondary N) is 2. The topological polar surface area (TPSA) is 31.6 Å². The van der Waals surface area contributed by atoms with Crippen molar-refractivity contribution >= 4 is 43.2 Å². The number of benzene rings is 4. The fraction of sp³-hybridized carbons (Fsp3) is 0.268. The van der Waals surface area contributed by atoms with Gasteiger partial charge in [-0.15, -0.1) is 11.3 Å². The molecule has 0 aliphatic carbocycles. The highest BCUT2D eigenvalue weighted by molar-refractivity contribution is 7.19. The molecular formula is C41H52N2S. The van der Waals surface area contributed by atoms with E-state index in [1.807, 2.05) is 17.5 Å². The van der Waals surface area contributed by atoms with Gasteiger partial charge in [-0.1, -0.05) is 74.5 Å². The lowest BCUT2D eigenvalue weighted by atomic mass is 10.1. The molecule has 2 nitrogen and oxygen atoms in total.